The molecular formula is C112H159BrN16O11. The number of nitrogens with two attached hydrogens (primary N) is 1. The van der Waals surface area contributed by atoms with E-state index < -0.39 is 23.0 Å². The van der Waals surface area contributed by atoms with Crippen LogP contribution in [0.25, 0.3) is 0 Å². The van der Waals surface area contributed by atoms with Crippen LogP contribution in [0.15, 0.2) is 161 Å². The number of halogens is 1. The molecule has 3 aliphatic heterocycles. The third-order valence-corrected chi connectivity index (χ3v) is 27.9. The number of hydrogen-bond donors (Lipinski definition) is 5. The number of aromatic nitrogens is 8. The van der Waals surface area contributed by atoms with Crippen LogP contribution in [0.2, 0.25) is 0 Å². The Balaban J connectivity index is 0.000000208. The number of rotatable bonds is 28. The second-order valence-electron chi connectivity index (χ2n) is 46.9. The Morgan fingerprint density at radius 2 is 0.686 bits per heavy atom. The summed E-state index contributed by atoms with van der Waals surface area (Å²) in [5.74, 6) is 3.40. The first-order valence-corrected chi connectivity index (χ1v) is 50.5. The van der Waals surface area contributed by atoms with Crippen LogP contribution in [-0.2, 0) is 32.2 Å². The second kappa shape index (κ2) is 46.5. The summed E-state index contributed by atoms with van der Waals surface area (Å²) in [4.78, 5) is 103. The number of carbonyl (C=O) groups is 6. The Morgan fingerprint density at radius 3 is 0.921 bits per heavy atom. The van der Waals surface area contributed by atoms with E-state index in [1.807, 2.05) is 189 Å². The number of carboxylic acid groups (broad SMARTS) is 1. The van der Waals surface area contributed by atoms with Crippen molar-refractivity contribution in [2.24, 2.45) is 71.0 Å². The molecule has 3 spiro atoms. The van der Waals surface area contributed by atoms with Crippen LogP contribution in [0, 0.1) is 50.2 Å². The van der Waals surface area contributed by atoms with Gasteiger partial charge in [-0.1, -0.05) is 171 Å². The number of hydrogen-bond acceptors (Lipinski definition) is 20. The molecule has 3 atom stereocenters. The third kappa shape index (κ3) is 29.2. The molecule has 27 nitrogen and oxygen atoms in total. The highest BCUT2D eigenvalue weighted by Crippen LogP contribution is 2.55. The number of esters is 1. The van der Waals surface area contributed by atoms with E-state index in [0.717, 1.165) is 166 Å². The molecule has 6 N–H and O–H groups in total. The van der Waals surface area contributed by atoms with Crippen LogP contribution in [0.3, 0.4) is 0 Å². The van der Waals surface area contributed by atoms with Crippen LogP contribution in [0.1, 0.15) is 390 Å². The van der Waals surface area contributed by atoms with E-state index in [0.29, 0.717) is 64.2 Å². The number of aromatic amines is 2. The maximum absolute atomic E-state index is 14.7. The molecule has 5 heterocycles. The van der Waals surface area contributed by atoms with Crippen molar-refractivity contribution in [1.29, 1.82) is 0 Å². The van der Waals surface area contributed by atoms with E-state index in [1.54, 1.807) is 12.1 Å². The number of nitrogens with one attached hydrogen (secondary N) is 3. The quantitative estimate of drug-likeness (QED) is 0.0284. The number of tetrazole rings is 2. The van der Waals surface area contributed by atoms with Crippen molar-refractivity contribution in [3.63, 3.8) is 0 Å². The SMILES string of the molecule is Br.CC(C)OC(=O)c1ccc([C@@H](CCC(C)(C)C)N2C(=O)C(c3ccc(OC(C)C)cc3)=NC23CCC(C(C)(C)C)CC3)cc1.CC(C)Oc1ccc(C2=NC3(CCC(C(C)(C)C)CC3)N([C@H](CCC(C)(C)C)c3ccc(C(=O)NCc4nn[nH]n4)cc3)C2=O)cc1.CC(C)Oc1ccc(C2=NC3(CCC(C(C)(C)C)CC3)N([C@H](CCC(C)(C)C)c3ccc(C(=O)O)cc3)C2=O)cc1.NCc1nn[nH]n1. The van der Waals surface area contributed by atoms with Gasteiger partial charge in [0.2, 0.25) is 0 Å². The smallest absolute Gasteiger partial charge is 0.338 e. The van der Waals surface area contributed by atoms with Crippen molar-refractivity contribution < 1.29 is 52.8 Å². The van der Waals surface area contributed by atoms with Gasteiger partial charge in [0.1, 0.15) is 51.4 Å². The van der Waals surface area contributed by atoms with Crippen LogP contribution in [0.4, 0.5) is 0 Å². The predicted molar refractivity (Wildman–Crippen MR) is 558 cm³/mol. The lowest BCUT2D eigenvalue weighted by atomic mass is 9.69. The van der Waals surface area contributed by atoms with Crippen molar-refractivity contribution in [2.75, 3.05) is 0 Å². The molecule has 4 amide bonds. The monoisotopic (exact) mass is 1980 g/mol. The standard InChI is InChI=1S/C38H54N2O4.C37H51N7O3.C35H48N2O4.C2H5N5.BrH/c1-25(2)43-31-17-15-28(16-18-31)33-34(41)40(38(39-33)23-19-30(20-24-38)37(8,9)10)32(21-22-36(5,6)7)27-11-13-29(14-12-27)35(42)44-26(3)4;1-24(2)47-29-15-13-26(14-16-29)32-34(46)44(37(39-32)21-17-28(18-22-37)36(6,7)8)30(19-20-35(3,4)5)25-9-11-27(12-10-25)33(45)38-23-31-40-42-43-41-31;1-23(2)41-28-15-13-25(14-16-28)30-31(38)37(35(36-30)21-17-27(18-22-35)34(6,7)8)29(19-20-33(3,4)5)24-9-11-26(12-10-24)32(39)40;3-1-2-4-6-7-5-2;/h11-18,25-26,30,32H,19-24H2,1-10H3;9-16,24,28,30H,17-23H2,1-8H3,(H,38,45)(H,40,41,42,43);9-16,23,27,29H,17-22H2,1-8H3,(H,39,40);1,3H2,(H,4,5,6,7);1H/t30?,32-,38?;28?,30-,37?;27?,29-,35?;;/m111../s1. The number of carboxylic acids is 1. The molecule has 140 heavy (non-hydrogen) atoms. The minimum absolute atomic E-state index is 0. The molecule has 28 heteroatoms. The number of aromatic carboxylic acids is 1. The molecule has 14 rings (SSSR count). The molecule has 6 aliphatic rings. The molecule has 760 valence electrons. The molecule has 3 fully saturated rings. The first kappa shape index (κ1) is 111. The van der Waals surface area contributed by atoms with Crippen LogP contribution in [-0.4, -0.2) is 155 Å². The van der Waals surface area contributed by atoms with Crippen LogP contribution < -0.4 is 25.3 Å². The van der Waals surface area contributed by atoms with Crippen molar-refractivity contribution >= 4 is 69.7 Å². The number of nitrogens with zero attached hydrogens (tertiary/aromatic N) is 12. The summed E-state index contributed by atoms with van der Waals surface area (Å²) in [6, 6.07) is 45.1. The minimum atomic E-state index is -0.951. The fourth-order valence-corrected chi connectivity index (χ4v) is 20.1. The summed E-state index contributed by atoms with van der Waals surface area (Å²) >= 11 is 0. The Kier molecular flexibility index (Phi) is 36.9. The highest BCUT2D eigenvalue weighted by Gasteiger charge is 2.57. The zero-order valence-electron chi connectivity index (χ0n) is 88.2. The Labute approximate surface area is 842 Å². The molecule has 2 aromatic heterocycles. The van der Waals surface area contributed by atoms with E-state index in [-0.39, 0.29) is 134 Å². The van der Waals surface area contributed by atoms with Crippen LogP contribution in [0.5, 0.6) is 17.2 Å². The molecule has 6 aromatic carbocycles. The van der Waals surface area contributed by atoms with Gasteiger partial charge < -0.3 is 49.8 Å². The number of amides is 4. The number of H-pyrrole nitrogens is 2. The Hall–Kier alpha value is -10.9. The van der Waals surface area contributed by atoms with Gasteiger partial charge in [0.25, 0.3) is 23.6 Å². The second-order valence-corrected chi connectivity index (χ2v) is 46.9. The molecule has 3 aliphatic carbocycles. The van der Waals surface area contributed by atoms with E-state index in [9.17, 15) is 33.9 Å². The van der Waals surface area contributed by atoms with Gasteiger partial charge in [-0.2, -0.15) is 10.4 Å². The highest BCUT2D eigenvalue weighted by molar-refractivity contribution is 8.93. The fourth-order valence-electron chi connectivity index (χ4n) is 20.1. The average molecular weight is 1990 g/mol. The number of aliphatic imine (C=N–C) groups is 3. The average Bonchev–Trinajstić information content (AvgIpc) is 1.59. The van der Waals surface area contributed by atoms with Gasteiger partial charge in [-0.25, -0.2) is 9.59 Å². The molecule has 0 radical (unpaired) electrons. The van der Waals surface area contributed by atoms with Crippen LogP contribution >= 0.6 is 17.0 Å². The maximum Gasteiger partial charge on any atom is 0.338 e. The third-order valence-electron chi connectivity index (χ3n) is 27.9. The van der Waals surface area contributed by atoms with E-state index in [2.05, 4.69) is 186 Å². The van der Waals surface area contributed by atoms with Crippen molar-refractivity contribution in [1.82, 2.24) is 61.3 Å². The molecule has 8 aromatic rings. The lowest BCUT2D eigenvalue weighted by Gasteiger charge is -2.47. The van der Waals surface area contributed by atoms with Gasteiger partial charge in [-0.3, -0.25) is 34.2 Å². The summed E-state index contributed by atoms with van der Waals surface area (Å²) in [6.45, 7) is 57.1. The first-order valence-electron chi connectivity index (χ1n) is 50.5. The number of benzene rings is 6. The van der Waals surface area contributed by atoms with Gasteiger partial charge in [-0.05, 0) is 347 Å². The van der Waals surface area contributed by atoms with Gasteiger partial charge in [-0.15, -0.1) is 37.4 Å². The Morgan fingerprint density at radius 1 is 0.407 bits per heavy atom. The molecule has 3 saturated carbocycles. The van der Waals surface area contributed by atoms with E-state index in [4.69, 9.17) is 39.7 Å². The zero-order valence-corrected chi connectivity index (χ0v) is 89.9. The number of ether oxygens (including phenoxy) is 4. The summed E-state index contributed by atoms with van der Waals surface area (Å²) in [7, 11) is 0. The summed E-state index contributed by atoms with van der Waals surface area (Å²) < 4.78 is 23.0. The van der Waals surface area contributed by atoms with Gasteiger partial charge >= 0.3 is 11.9 Å². The summed E-state index contributed by atoms with van der Waals surface area (Å²) in [5, 5.41) is 38.7. The van der Waals surface area contributed by atoms with Gasteiger partial charge in [0, 0.05) is 22.3 Å². The Bertz CT molecular complexity index is 5480. The fraction of sp³-hybridized carbons (Fsp3) is 0.580. The van der Waals surface area contributed by atoms with Crippen molar-refractivity contribution in [3.8, 4) is 17.2 Å². The van der Waals surface area contributed by atoms with Gasteiger partial charge in [0.05, 0.1) is 66.8 Å². The maximum atomic E-state index is 14.7. The van der Waals surface area contributed by atoms with E-state index in [1.165, 1.54) is 0 Å². The summed E-state index contributed by atoms with van der Waals surface area (Å²) in [6.07, 6.45) is 16.2. The lowest BCUT2D eigenvalue weighted by Crippen LogP contribution is -2.51. The lowest BCUT2D eigenvalue weighted by molar-refractivity contribution is -0.134. The zero-order chi connectivity index (χ0) is 102. The topological polar surface area (TPSA) is 353 Å². The largest absolute Gasteiger partial charge is 0.491 e. The normalized spacial score (nSPS) is 20.8. The number of carbonyl (C=O) groups excluding carboxylic acids is 5. The minimum Gasteiger partial charge on any atom is -0.491 e. The highest BCUT2D eigenvalue weighted by atomic mass is 79.9. The molecule has 0 saturated heterocycles. The molecule has 0 unspecified atom stereocenters. The van der Waals surface area contributed by atoms with E-state index >= 15 is 0 Å². The van der Waals surface area contributed by atoms with Crippen molar-refractivity contribution in [2.45, 2.75) is 368 Å². The first-order chi connectivity index (χ1) is 65.2. The van der Waals surface area contributed by atoms with Gasteiger partial charge in [0.15, 0.2) is 11.6 Å². The molecular weight excluding hydrogens is 1830 g/mol. The van der Waals surface area contributed by atoms with Crippen molar-refractivity contribution in [3.05, 3.63) is 207 Å². The predicted octanol–water partition coefficient (Wildman–Crippen LogP) is 23.8. The summed E-state index contributed by atoms with van der Waals surface area (Å²) in [5.41, 5.74) is 12.4. The molecule has 0 bridgehead atoms.